The van der Waals surface area contributed by atoms with Crippen molar-refractivity contribution in [3.63, 3.8) is 0 Å². The Morgan fingerprint density at radius 3 is 1.22 bits per heavy atom. The summed E-state index contributed by atoms with van der Waals surface area (Å²) in [7, 11) is 0. The SMILES string of the molecule is O=C1c2c(-c3ccccc3)c(-c3ccccc3)c(-c3ccccc3)c(-c3ccccc3)c2-c2nc3ccccc3n21. The smallest absolute Gasteiger partial charge is 0.265 e. The predicted octanol–water partition coefficient (Wildman–Crippen LogP) is 9.37. The molecule has 3 nitrogen and oxygen atoms in total. The van der Waals surface area contributed by atoms with E-state index < -0.39 is 0 Å². The lowest BCUT2D eigenvalue weighted by atomic mass is 9.77. The number of rotatable bonds is 4. The molecular weight excluding hydrogens is 500 g/mol. The van der Waals surface area contributed by atoms with E-state index in [1.54, 1.807) is 0 Å². The summed E-state index contributed by atoms with van der Waals surface area (Å²) in [4.78, 5) is 19.8. The summed E-state index contributed by atoms with van der Waals surface area (Å²) in [5, 5.41) is 0. The maximum atomic E-state index is 14.7. The van der Waals surface area contributed by atoms with Gasteiger partial charge in [0.2, 0.25) is 0 Å². The van der Waals surface area contributed by atoms with Crippen LogP contribution in [0.5, 0.6) is 0 Å². The first kappa shape index (κ1) is 23.4. The first-order valence-electron chi connectivity index (χ1n) is 13.8. The summed E-state index contributed by atoms with van der Waals surface area (Å²) in [6, 6.07) is 49.6. The van der Waals surface area contributed by atoms with Crippen LogP contribution in [0, 0.1) is 0 Å². The minimum atomic E-state index is -0.0449. The van der Waals surface area contributed by atoms with Crippen molar-refractivity contribution in [3.05, 3.63) is 151 Å². The van der Waals surface area contributed by atoms with Crippen molar-refractivity contribution in [2.45, 2.75) is 0 Å². The summed E-state index contributed by atoms with van der Waals surface area (Å²) in [6.07, 6.45) is 0. The molecule has 0 saturated carbocycles. The van der Waals surface area contributed by atoms with Crippen molar-refractivity contribution in [1.82, 2.24) is 9.55 Å². The lowest BCUT2D eigenvalue weighted by Gasteiger charge is -2.24. The van der Waals surface area contributed by atoms with Gasteiger partial charge in [-0.15, -0.1) is 0 Å². The van der Waals surface area contributed by atoms with Gasteiger partial charge in [0.25, 0.3) is 5.91 Å². The van der Waals surface area contributed by atoms with Crippen LogP contribution in [0.25, 0.3) is 66.9 Å². The molecule has 0 spiro atoms. The fourth-order valence-electron chi connectivity index (χ4n) is 6.27. The number of fused-ring (bicyclic) bond motifs is 5. The second-order valence-corrected chi connectivity index (χ2v) is 10.3. The molecule has 0 fully saturated rings. The average molecular weight is 525 g/mol. The summed E-state index contributed by atoms with van der Waals surface area (Å²) < 4.78 is 1.81. The average Bonchev–Trinajstić information content (AvgIpc) is 3.56. The Balaban J connectivity index is 1.66. The molecule has 2 heterocycles. The summed E-state index contributed by atoms with van der Waals surface area (Å²) in [6.45, 7) is 0. The van der Waals surface area contributed by atoms with E-state index >= 15 is 0 Å². The van der Waals surface area contributed by atoms with Crippen molar-refractivity contribution in [2.75, 3.05) is 0 Å². The Morgan fingerprint density at radius 1 is 0.390 bits per heavy atom. The van der Waals surface area contributed by atoms with E-state index in [1.807, 2.05) is 65.2 Å². The molecule has 1 aliphatic rings. The van der Waals surface area contributed by atoms with Gasteiger partial charge in [-0.3, -0.25) is 9.36 Å². The molecular formula is C38H24N2O. The first-order chi connectivity index (χ1) is 20.3. The van der Waals surface area contributed by atoms with E-state index in [0.717, 1.165) is 61.1 Å². The number of para-hydroxylation sites is 2. The Hall–Kier alpha value is -5.54. The molecule has 0 amide bonds. The molecule has 41 heavy (non-hydrogen) atoms. The molecule has 0 radical (unpaired) electrons. The van der Waals surface area contributed by atoms with Crippen LogP contribution in [-0.2, 0) is 0 Å². The lowest BCUT2D eigenvalue weighted by Crippen LogP contribution is -2.09. The quantitative estimate of drug-likeness (QED) is 0.230. The number of imidazole rings is 1. The van der Waals surface area contributed by atoms with E-state index in [-0.39, 0.29) is 5.91 Å². The molecule has 0 atom stereocenters. The van der Waals surface area contributed by atoms with Crippen LogP contribution in [0.3, 0.4) is 0 Å². The zero-order chi connectivity index (χ0) is 27.3. The molecule has 0 unspecified atom stereocenters. The third kappa shape index (κ3) is 3.53. The summed E-state index contributed by atoms with van der Waals surface area (Å²) >= 11 is 0. The van der Waals surface area contributed by atoms with Gasteiger partial charge in [0, 0.05) is 16.7 Å². The van der Waals surface area contributed by atoms with Gasteiger partial charge in [-0.2, -0.15) is 0 Å². The van der Waals surface area contributed by atoms with Crippen LogP contribution in [-0.4, -0.2) is 15.5 Å². The molecule has 3 heteroatoms. The van der Waals surface area contributed by atoms with Gasteiger partial charge >= 0.3 is 0 Å². The van der Waals surface area contributed by atoms with Crippen LogP contribution in [0.4, 0.5) is 0 Å². The molecule has 0 aliphatic carbocycles. The Bertz CT molecular complexity index is 2080. The largest absolute Gasteiger partial charge is 0.268 e. The summed E-state index contributed by atoms with van der Waals surface area (Å²) in [5.41, 5.74) is 11.5. The second-order valence-electron chi connectivity index (χ2n) is 10.3. The number of hydrogen-bond acceptors (Lipinski definition) is 2. The monoisotopic (exact) mass is 524 g/mol. The number of carbonyl (C=O) groups excluding carboxylic acids is 1. The van der Waals surface area contributed by atoms with Crippen LogP contribution in [0.1, 0.15) is 10.4 Å². The second kappa shape index (κ2) is 9.29. The highest BCUT2D eigenvalue weighted by atomic mass is 16.2. The van der Waals surface area contributed by atoms with Gasteiger partial charge in [0.1, 0.15) is 5.82 Å². The molecule has 1 aromatic heterocycles. The lowest BCUT2D eigenvalue weighted by molar-refractivity contribution is 0.0974. The van der Waals surface area contributed by atoms with E-state index in [1.165, 1.54) is 0 Å². The predicted molar refractivity (Wildman–Crippen MR) is 167 cm³/mol. The van der Waals surface area contributed by atoms with Crippen LogP contribution < -0.4 is 0 Å². The topological polar surface area (TPSA) is 34.9 Å². The van der Waals surface area contributed by atoms with Crippen molar-refractivity contribution >= 4 is 16.9 Å². The number of benzene rings is 6. The van der Waals surface area contributed by atoms with E-state index in [2.05, 4.69) is 84.9 Å². The molecule has 6 aromatic carbocycles. The van der Waals surface area contributed by atoms with Crippen LogP contribution in [0.2, 0.25) is 0 Å². The number of aromatic nitrogens is 2. The van der Waals surface area contributed by atoms with E-state index in [0.29, 0.717) is 11.4 Å². The molecule has 0 N–H and O–H groups in total. The van der Waals surface area contributed by atoms with Crippen LogP contribution in [0.15, 0.2) is 146 Å². The van der Waals surface area contributed by atoms with Crippen molar-refractivity contribution < 1.29 is 4.79 Å². The first-order valence-corrected chi connectivity index (χ1v) is 13.8. The third-order valence-electron chi connectivity index (χ3n) is 7.95. The molecule has 192 valence electrons. The Labute approximate surface area is 238 Å². The molecule has 7 aromatic rings. The zero-order valence-electron chi connectivity index (χ0n) is 22.2. The van der Waals surface area contributed by atoms with Gasteiger partial charge in [0.05, 0.1) is 16.6 Å². The minimum Gasteiger partial charge on any atom is -0.268 e. The van der Waals surface area contributed by atoms with Gasteiger partial charge in [0.15, 0.2) is 0 Å². The molecule has 0 saturated heterocycles. The maximum absolute atomic E-state index is 14.7. The molecule has 8 rings (SSSR count). The van der Waals surface area contributed by atoms with Crippen molar-refractivity contribution in [2.24, 2.45) is 0 Å². The Morgan fingerprint density at radius 2 is 0.756 bits per heavy atom. The molecule has 1 aliphatic heterocycles. The van der Waals surface area contributed by atoms with Crippen molar-refractivity contribution in [1.29, 1.82) is 0 Å². The zero-order valence-corrected chi connectivity index (χ0v) is 22.2. The van der Waals surface area contributed by atoms with Crippen LogP contribution >= 0.6 is 0 Å². The maximum Gasteiger partial charge on any atom is 0.265 e. The van der Waals surface area contributed by atoms with E-state index in [4.69, 9.17) is 4.98 Å². The summed E-state index contributed by atoms with van der Waals surface area (Å²) in [5.74, 6) is 0.649. The van der Waals surface area contributed by atoms with Gasteiger partial charge in [-0.25, -0.2) is 4.98 Å². The van der Waals surface area contributed by atoms with Gasteiger partial charge < -0.3 is 0 Å². The number of hydrogen-bond donors (Lipinski definition) is 0. The van der Waals surface area contributed by atoms with E-state index in [9.17, 15) is 4.79 Å². The number of carbonyl (C=O) groups is 1. The van der Waals surface area contributed by atoms with Gasteiger partial charge in [-0.05, 0) is 45.5 Å². The van der Waals surface area contributed by atoms with Gasteiger partial charge in [-0.1, -0.05) is 133 Å². The fraction of sp³-hybridized carbons (Fsp3) is 0. The highest BCUT2D eigenvalue weighted by Gasteiger charge is 2.39. The normalized spacial score (nSPS) is 12.0. The highest BCUT2D eigenvalue weighted by molar-refractivity contribution is 6.24. The fourth-order valence-corrected chi connectivity index (χ4v) is 6.27. The van der Waals surface area contributed by atoms with Crippen molar-refractivity contribution in [3.8, 4) is 55.9 Å². The number of nitrogens with zero attached hydrogens (tertiary/aromatic N) is 2. The molecule has 0 bridgehead atoms. The Kier molecular flexibility index (Phi) is 5.29. The highest BCUT2D eigenvalue weighted by Crippen LogP contribution is 2.55. The third-order valence-corrected chi connectivity index (χ3v) is 7.95. The minimum absolute atomic E-state index is 0.0449. The standard InChI is InChI=1S/C38H24N2O/c41-38-36-34(28-21-11-4-12-22-28)32(26-17-7-2-8-18-26)31(25-15-5-1-6-16-25)33(27-19-9-3-10-20-27)35(36)37-39-29-23-13-14-24-30(29)40(37)38/h1-24H.